The maximum absolute atomic E-state index is 11.2. The van der Waals surface area contributed by atoms with E-state index in [1.807, 2.05) is 0 Å². The molecular formula is C15H13NO5. The highest BCUT2D eigenvalue weighted by Crippen LogP contribution is 2.31. The monoisotopic (exact) mass is 287 g/mol. The van der Waals surface area contributed by atoms with E-state index in [2.05, 4.69) is 4.74 Å². The summed E-state index contributed by atoms with van der Waals surface area (Å²) in [7, 11) is 1.32. The molecule has 21 heavy (non-hydrogen) atoms. The van der Waals surface area contributed by atoms with Crippen molar-refractivity contribution in [3.8, 4) is 11.5 Å². The van der Waals surface area contributed by atoms with E-state index in [-0.39, 0.29) is 23.8 Å². The molecule has 0 aliphatic carbocycles. The minimum atomic E-state index is -0.506. The molecule has 0 unspecified atom stereocenters. The van der Waals surface area contributed by atoms with Crippen LogP contribution in [0.25, 0.3) is 0 Å². The highest BCUT2D eigenvalue weighted by Gasteiger charge is 2.14. The van der Waals surface area contributed by atoms with Gasteiger partial charge in [-0.25, -0.2) is 0 Å². The van der Waals surface area contributed by atoms with Crippen LogP contribution in [-0.2, 0) is 16.0 Å². The Bertz CT molecular complexity index is 669. The van der Waals surface area contributed by atoms with Crippen molar-refractivity contribution in [2.75, 3.05) is 7.11 Å². The van der Waals surface area contributed by atoms with Gasteiger partial charge in [0.25, 0.3) is 0 Å². The lowest BCUT2D eigenvalue weighted by Gasteiger charge is -2.07. The van der Waals surface area contributed by atoms with Crippen LogP contribution < -0.4 is 4.74 Å². The van der Waals surface area contributed by atoms with Crippen LogP contribution in [0, 0.1) is 10.1 Å². The van der Waals surface area contributed by atoms with Crippen LogP contribution in [0.4, 0.5) is 5.69 Å². The summed E-state index contributed by atoms with van der Waals surface area (Å²) in [4.78, 5) is 21.7. The van der Waals surface area contributed by atoms with Crippen molar-refractivity contribution in [3.63, 3.8) is 0 Å². The second-order valence-corrected chi connectivity index (χ2v) is 4.23. The number of hydrogen-bond acceptors (Lipinski definition) is 5. The first-order chi connectivity index (χ1) is 10.1. The van der Waals surface area contributed by atoms with Crippen LogP contribution >= 0.6 is 0 Å². The fraction of sp³-hybridized carbons (Fsp3) is 0.133. The number of benzene rings is 2. The fourth-order valence-corrected chi connectivity index (χ4v) is 1.78. The average molecular weight is 287 g/mol. The molecule has 0 bridgehead atoms. The molecule has 0 amide bonds. The smallest absolute Gasteiger partial charge is 0.311 e. The minimum absolute atomic E-state index is 0.115. The van der Waals surface area contributed by atoms with Gasteiger partial charge in [0, 0.05) is 6.07 Å². The Labute approximate surface area is 121 Å². The summed E-state index contributed by atoms with van der Waals surface area (Å²) in [5.41, 5.74) is 0.591. The van der Waals surface area contributed by atoms with Gasteiger partial charge in [0.15, 0.2) is 0 Å². The average Bonchev–Trinajstić information content (AvgIpc) is 2.48. The Balaban J connectivity index is 2.22. The molecule has 0 N–H and O–H groups in total. The van der Waals surface area contributed by atoms with E-state index >= 15 is 0 Å². The van der Waals surface area contributed by atoms with Gasteiger partial charge in [0.1, 0.15) is 5.75 Å². The zero-order valence-corrected chi connectivity index (χ0v) is 11.3. The summed E-state index contributed by atoms with van der Waals surface area (Å²) in [5.74, 6) is 0.210. The van der Waals surface area contributed by atoms with Crippen LogP contribution in [-0.4, -0.2) is 18.0 Å². The van der Waals surface area contributed by atoms with Gasteiger partial charge in [0.05, 0.1) is 18.5 Å². The maximum atomic E-state index is 11.2. The lowest BCUT2D eigenvalue weighted by atomic mass is 10.1. The summed E-state index contributed by atoms with van der Waals surface area (Å²) in [6.07, 6.45) is 0.116. The molecule has 108 valence electrons. The number of nitro benzene ring substituents is 1. The molecule has 0 aliphatic rings. The molecule has 2 aromatic rings. The molecular weight excluding hydrogens is 274 g/mol. The van der Waals surface area contributed by atoms with Gasteiger partial charge in [-0.3, -0.25) is 14.9 Å². The maximum Gasteiger partial charge on any atom is 0.311 e. The largest absolute Gasteiger partial charge is 0.469 e. The summed E-state index contributed by atoms with van der Waals surface area (Å²) < 4.78 is 10.1. The van der Waals surface area contributed by atoms with Gasteiger partial charge in [-0.2, -0.15) is 0 Å². The third-order valence-corrected chi connectivity index (χ3v) is 2.76. The third-order valence-electron chi connectivity index (χ3n) is 2.76. The summed E-state index contributed by atoms with van der Waals surface area (Å²) in [6, 6.07) is 12.9. The Kier molecular flexibility index (Phi) is 4.50. The lowest BCUT2D eigenvalue weighted by molar-refractivity contribution is -0.385. The lowest BCUT2D eigenvalue weighted by Crippen LogP contribution is -2.04. The number of rotatable bonds is 5. The Morgan fingerprint density at radius 1 is 1.19 bits per heavy atom. The number of hydrogen-bond donors (Lipinski definition) is 0. The summed E-state index contributed by atoms with van der Waals surface area (Å²) >= 11 is 0. The van der Waals surface area contributed by atoms with E-state index < -0.39 is 4.92 Å². The van der Waals surface area contributed by atoms with Gasteiger partial charge in [-0.05, 0) is 23.8 Å². The standard InChI is InChI=1S/C15H13NO5/c1-20-15(17)10-11-5-4-6-12(9-11)21-14-8-3-2-7-13(14)16(18)19/h2-9H,10H2,1H3. The quantitative estimate of drug-likeness (QED) is 0.479. The van der Waals surface area contributed by atoms with E-state index in [0.717, 1.165) is 0 Å². The topological polar surface area (TPSA) is 78.7 Å². The zero-order chi connectivity index (χ0) is 15.2. The molecule has 0 heterocycles. The molecule has 0 aliphatic heterocycles. The molecule has 2 aromatic carbocycles. The number of methoxy groups -OCH3 is 1. The predicted molar refractivity (Wildman–Crippen MR) is 75.3 cm³/mol. The van der Waals surface area contributed by atoms with E-state index in [1.165, 1.54) is 19.2 Å². The van der Waals surface area contributed by atoms with Crippen molar-refractivity contribution in [2.45, 2.75) is 6.42 Å². The van der Waals surface area contributed by atoms with Gasteiger partial charge in [-0.1, -0.05) is 24.3 Å². The van der Waals surface area contributed by atoms with Crippen molar-refractivity contribution in [2.24, 2.45) is 0 Å². The minimum Gasteiger partial charge on any atom is -0.469 e. The van der Waals surface area contributed by atoms with Crippen molar-refractivity contribution >= 4 is 11.7 Å². The van der Waals surface area contributed by atoms with Crippen LogP contribution in [0.5, 0.6) is 11.5 Å². The normalized spacial score (nSPS) is 9.95. The van der Waals surface area contributed by atoms with E-state index in [9.17, 15) is 14.9 Å². The second kappa shape index (κ2) is 6.51. The van der Waals surface area contributed by atoms with Crippen molar-refractivity contribution < 1.29 is 19.2 Å². The van der Waals surface area contributed by atoms with Crippen molar-refractivity contribution in [1.82, 2.24) is 0 Å². The Morgan fingerprint density at radius 2 is 1.95 bits per heavy atom. The first kappa shape index (κ1) is 14.5. The molecule has 6 nitrogen and oxygen atoms in total. The van der Waals surface area contributed by atoms with Gasteiger partial charge in [0.2, 0.25) is 5.75 Å². The zero-order valence-electron chi connectivity index (χ0n) is 11.3. The highest BCUT2D eigenvalue weighted by atomic mass is 16.6. The first-order valence-corrected chi connectivity index (χ1v) is 6.17. The molecule has 2 rings (SSSR count). The summed E-state index contributed by atoms with van der Waals surface area (Å²) in [5, 5.41) is 10.9. The fourth-order valence-electron chi connectivity index (χ4n) is 1.78. The van der Waals surface area contributed by atoms with Crippen LogP contribution in [0.3, 0.4) is 0 Å². The molecule has 0 atom stereocenters. The number of carbonyl (C=O) groups excluding carboxylic acids is 1. The van der Waals surface area contributed by atoms with E-state index in [0.29, 0.717) is 11.3 Å². The Morgan fingerprint density at radius 3 is 2.67 bits per heavy atom. The van der Waals surface area contributed by atoms with Crippen LogP contribution in [0.2, 0.25) is 0 Å². The van der Waals surface area contributed by atoms with Crippen molar-refractivity contribution in [3.05, 3.63) is 64.2 Å². The molecule has 0 saturated carbocycles. The van der Waals surface area contributed by atoms with Gasteiger partial charge in [-0.15, -0.1) is 0 Å². The third kappa shape index (κ3) is 3.79. The molecule has 0 aromatic heterocycles. The number of para-hydroxylation sites is 2. The SMILES string of the molecule is COC(=O)Cc1cccc(Oc2ccccc2[N+](=O)[O-])c1. The van der Waals surface area contributed by atoms with Crippen LogP contribution in [0.1, 0.15) is 5.56 Å². The Hall–Kier alpha value is -2.89. The number of esters is 1. The molecule has 0 saturated heterocycles. The van der Waals surface area contributed by atoms with E-state index in [4.69, 9.17) is 4.74 Å². The number of carbonyl (C=O) groups is 1. The van der Waals surface area contributed by atoms with Crippen LogP contribution in [0.15, 0.2) is 48.5 Å². The molecule has 0 radical (unpaired) electrons. The summed E-state index contributed by atoms with van der Waals surface area (Å²) in [6.45, 7) is 0. The first-order valence-electron chi connectivity index (χ1n) is 6.17. The van der Waals surface area contributed by atoms with Crippen molar-refractivity contribution in [1.29, 1.82) is 0 Å². The number of nitrogens with zero attached hydrogens (tertiary/aromatic N) is 1. The molecule has 0 spiro atoms. The number of ether oxygens (including phenoxy) is 2. The van der Waals surface area contributed by atoms with E-state index in [1.54, 1.807) is 36.4 Å². The van der Waals surface area contributed by atoms with Gasteiger partial charge < -0.3 is 9.47 Å². The highest BCUT2D eigenvalue weighted by molar-refractivity contribution is 5.72. The predicted octanol–water partition coefficient (Wildman–Crippen LogP) is 3.10. The number of nitro groups is 1. The van der Waals surface area contributed by atoms with Gasteiger partial charge >= 0.3 is 11.7 Å². The molecule has 0 fully saturated rings. The second-order valence-electron chi connectivity index (χ2n) is 4.23. The molecule has 6 heteroatoms.